The maximum atomic E-state index is 12.7. The normalized spacial score (nSPS) is 30.3. The van der Waals surface area contributed by atoms with E-state index in [2.05, 4.69) is 0 Å². The van der Waals surface area contributed by atoms with E-state index < -0.39 is 61.5 Å². The number of aromatic hydroxyl groups is 1. The molecule has 2 heterocycles. The molecule has 0 aromatic heterocycles. The summed E-state index contributed by atoms with van der Waals surface area (Å²) < 4.78 is 26.9. The van der Waals surface area contributed by atoms with E-state index >= 15 is 0 Å². The second-order valence-electron chi connectivity index (χ2n) is 9.00. The first-order chi connectivity index (χ1) is 18.1. The monoisotopic (exact) mass is 538 g/mol. The lowest BCUT2D eigenvalue weighted by atomic mass is 9.86. The molecule has 1 aromatic rings. The van der Waals surface area contributed by atoms with Crippen LogP contribution in [0.2, 0.25) is 0 Å². The minimum atomic E-state index is -1.67. The first-order valence-electron chi connectivity index (χ1n) is 12.1. The average Bonchev–Trinajstić information content (AvgIpc) is 2.90. The molecule has 2 aliphatic rings. The highest BCUT2D eigenvalue weighted by Gasteiger charge is 2.46. The number of phenols is 1. The van der Waals surface area contributed by atoms with Crippen LogP contribution in [0.4, 0.5) is 0 Å². The van der Waals surface area contributed by atoms with Crippen molar-refractivity contribution in [2.45, 2.75) is 63.7 Å². The summed E-state index contributed by atoms with van der Waals surface area (Å²) >= 11 is 0. The van der Waals surface area contributed by atoms with Gasteiger partial charge in [-0.3, -0.25) is 4.79 Å². The van der Waals surface area contributed by atoms with Crippen molar-refractivity contribution in [3.8, 4) is 5.75 Å². The fourth-order valence-corrected chi connectivity index (χ4v) is 4.31. The third kappa shape index (κ3) is 6.70. The van der Waals surface area contributed by atoms with Crippen molar-refractivity contribution >= 4 is 11.9 Å². The smallest absolute Gasteiger partial charge is 0.337 e. The highest BCUT2D eigenvalue weighted by molar-refractivity contribution is 5.90. The van der Waals surface area contributed by atoms with Crippen LogP contribution in [0.15, 0.2) is 41.7 Å². The summed E-state index contributed by atoms with van der Waals surface area (Å²) in [4.78, 5) is 25.2. The van der Waals surface area contributed by atoms with E-state index in [9.17, 15) is 35.1 Å². The second-order valence-corrected chi connectivity index (χ2v) is 9.00. The van der Waals surface area contributed by atoms with Crippen molar-refractivity contribution < 1.29 is 58.8 Å². The molecule has 7 unspecified atom stereocenters. The highest BCUT2D eigenvalue weighted by Crippen LogP contribution is 2.36. The number of carbonyl (C=O) groups excluding carboxylic acids is 2. The number of phenolic OH excluding ortho intramolecular Hbond substituents is 1. The molecule has 7 atom stereocenters. The summed E-state index contributed by atoms with van der Waals surface area (Å²) in [6, 6.07) is 5.08. The molecule has 0 bridgehead atoms. The third-order valence-corrected chi connectivity index (χ3v) is 6.51. The van der Waals surface area contributed by atoms with Crippen LogP contribution in [0.3, 0.4) is 0 Å². The fraction of sp³-hybridized carbons (Fsp3) is 0.538. The van der Waals surface area contributed by atoms with Crippen molar-refractivity contribution in [1.82, 2.24) is 0 Å². The number of methoxy groups -OCH3 is 1. The van der Waals surface area contributed by atoms with Gasteiger partial charge in [-0.1, -0.05) is 18.2 Å². The molecule has 12 heteroatoms. The molecular weight excluding hydrogens is 504 g/mol. The van der Waals surface area contributed by atoms with Gasteiger partial charge in [-0.2, -0.15) is 0 Å². The Bertz CT molecular complexity index is 1050. The molecule has 0 spiro atoms. The predicted octanol–water partition coefficient (Wildman–Crippen LogP) is -0.0314. The Balaban J connectivity index is 1.71. The molecule has 2 aliphatic heterocycles. The Hall–Kier alpha value is -3.00. The third-order valence-electron chi connectivity index (χ3n) is 6.51. The van der Waals surface area contributed by atoms with E-state index in [0.717, 1.165) is 11.8 Å². The largest absolute Gasteiger partial charge is 0.508 e. The number of ether oxygens (including phenoxy) is 5. The number of benzene rings is 1. The summed E-state index contributed by atoms with van der Waals surface area (Å²) in [5.41, 5.74) is 1.94. The number of allylic oxidation sites excluding steroid dienone is 1. The lowest BCUT2D eigenvalue weighted by Crippen LogP contribution is -2.60. The van der Waals surface area contributed by atoms with E-state index in [0.29, 0.717) is 17.6 Å². The van der Waals surface area contributed by atoms with E-state index in [1.165, 1.54) is 7.11 Å². The van der Waals surface area contributed by atoms with Gasteiger partial charge in [0.2, 0.25) is 6.29 Å². The Morgan fingerprint density at radius 1 is 1.13 bits per heavy atom. The van der Waals surface area contributed by atoms with Crippen LogP contribution in [0.5, 0.6) is 5.75 Å². The van der Waals surface area contributed by atoms with E-state index in [-0.39, 0.29) is 24.4 Å². The molecule has 1 saturated heterocycles. The van der Waals surface area contributed by atoms with Gasteiger partial charge in [0.15, 0.2) is 6.29 Å². The number of carbonyl (C=O) groups is 2. The van der Waals surface area contributed by atoms with Gasteiger partial charge in [-0.05, 0) is 31.0 Å². The molecule has 1 fully saturated rings. The standard InChI is InChI=1S/C26H34O12/c1-4-15-16(10-20(29)35-8-7-14-5-6-18(28)13(2)9-14)17(24(33)34-3)12-36-25(15)38-26-23(32)22(31)21(30)19(11-27)37-26/h4-6,9,12,16,19,21-23,25-28,30-32H,7-8,10-11H2,1-3H3/b15-4+. The molecule has 0 saturated carbocycles. The SMILES string of the molecule is C/C=C1/C(OC2OC(CO)C(O)C(O)C2O)OC=C(C(=O)OC)C1CC(=O)OCCc1ccc(O)c(C)c1. The maximum absolute atomic E-state index is 12.7. The van der Waals surface area contributed by atoms with Crippen molar-refractivity contribution in [2.75, 3.05) is 20.3 Å². The zero-order valence-corrected chi connectivity index (χ0v) is 21.4. The predicted molar refractivity (Wildman–Crippen MR) is 129 cm³/mol. The summed E-state index contributed by atoms with van der Waals surface area (Å²) in [7, 11) is 1.18. The number of hydrogen-bond acceptors (Lipinski definition) is 12. The van der Waals surface area contributed by atoms with Crippen LogP contribution in [0, 0.1) is 12.8 Å². The number of esters is 2. The second kappa shape index (κ2) is 13.2. The number of aliphatic hydroxyl groups excluding tert-OH is 4. The first-order valence-corrected chi connectivity index (χ1v) is 12.1. The summed E-state index contributed by atoms with van der Waals surface area (Å²) in [6.45, 7) is 2.82. The molecule has 3 rings (SSSR count). The molecule has 0 radical (unpaired) electrons. The van der Waals surface area contributed by atoms with Gasteiger partial charge in [0, 0.05) is 17.9 Å². The van der Waals surface area contributed by atoms with Gasteiger partial charge < -0.3 is 49.2 Å². The van der Waals surface area contributed by atoms with Crippen LogP contribution >= 0.6 is 0 Å². The van der Waals surface area contributed by atoms with Crippen LogP contribution in [-0.2, 0) is 39.7 Å². The zero-order chi connectivity index (χ0) is 28.0. The van der Waals surface area contributed by atoms with Gasteiger partial charge in [0.25, 0.3) is 0 Å². The van der Waals surface area contributed by atoms with Gasteiger partial charge in [-0.15, -0.1) is 0 Å². The lowest BCUT2D eigenvalue weighted by Gasteiger charge is -2.41. The summed E-state index contributed by atoms with van der Waals surface area (Å²) in [6.07, 6.45) is -6.02. The fourth-order valence-electron chi connectivity index (χ4n) is 4.31. The molecule has 38 heavy (non-hydrogen) atoms. The number of rotatable bonds is 9. The Labute approximate surface area is 219 Å². The number of hydrogen-bond donors (Lipinski definition) is 5. The Kier molecular flexibility index (Phi) is 10.3. The van der Waals surface area contributed by atoms with Gasteiger partial charge in [0.1, 0.15) is 30.2 Å². The van der Waals surface area contributed by atoms with Crippen LogP contribution in [0.25, 0.3) is 0 Å². The molecule has 12 nitrogen and oxygen atoms in total. The maximum Gasteiger partial charge on any atom is 0.337 e. The average molecular weight is 539 g/mol. The van der Waals surface area contributed by atoms with E-state index in [1.807, 2.05) is 0 Å². The minimum absolute atomic E-state index is 0.0420. The van der Waals surface area contributed by atoms with Gasteiger partial charge in [-0.25, -0.2) is 4.79 Å². The van der Waals surface area contributed by atoms with Gasteiger partial charge in [0.05, 0.1) is 38.6 Å². The van der Waals surface area contributed by atoms with Gasteiger partial charge >= 0.3 is 11.9 Å². The lowest BCUT2D eigenvalue weighted by molar-refractivity contribution is -0.327. The molecule has 210 valence electrons. The minimum Gasteiger partial charge on any atom is -0.508 e. The molecule has 0 amide bonds. The quantitative estimate of drug-likeness (QED) is 0.209. The number of aryl methyl sites for hydroxylation is 1. The van der Waals surface area contributed by atoms with Crippen LogP contribution in [0.1, 0.15) is 24.5 Å². The Morgan fingerprint density at radius 2 is 1.87 bits per heavy atom. The summed E-state index contributed by atoms with van der Waals surface area (Å²) in [5.74, 6) is -2.02. The van der Waals surface area contributed by atoms with E-state index in [1.54, 1.807) is 38.1 Å². The summed E-state index contributed by atoms with van der Waals surface area (Å²) in [5, 5.41) is 49.5. The number of aliphatic hydroxyl groups is 4. The van der Waals surface area contributed by atoms with Crippen LogP contribution < -0.4 is 0 Å². The van der Waals surface area contributed by atoms with Crippen molar-refractivity contribution in [1.29, 1.82) is 0 Å². The molecular formula is C26H34O12. The Morgan fingerprint density at radius 3 is 2.50 bits per heavy atom. The topological polar surface area (TPSA) is 181 Å². The zero-order valence-electron chi connectivity index (χ0n) is 21.4. The molecule has 1 aromatic carbocycles. The highest BCUT2D eigenvalue weighted by atomic mass is 16.8. The van der Waals surface area contributed by atoms with Crippen molar-refractivity contribution in [3.63, 3.8) is 0 Å². The van der Waals surface area contributed by atoms with Crippen LogP contribution in [-0.4, -0.2) is 94.8 Å². The van der Waals surface area contributed by atoms with Crippen molar-refractivity contribution in [2.24, 2.45) is 5.92 Å². The molecule has 0 aliphatic carbocycles. The van der Waals surface area contributed by atoms with E-state index in [4.69, 9.17) is 23.7 Å². The van der Waals surface area contributed by atoms with Crippen molar-refractivity contribution in [3.05, 3.63) is 52.8 Å². The first kappa shape index (κ1) is 29.6. The molecule has 5 N–H and O–H groups in total.